The van der Waals surface area contributed by atoms with E-state index < -0.39 is 29.4 Å². The minimum atomic E-state index is -4.61. The molecular weight excluding hydrogens is 343 g/mol. The smallest absolute Gasteiger partial charge is 0.306 e. The zero-order chi connectivity index (χ0) is 17.2. The molecule has 23 heavy (non-hydrogen) atoms. The number of amides is 2. The second-order valence-corrected chi connectivity index (χ2v) is 4.80. The molecule has 3 nitrogen and oxygen atoms in total. The minimum absolute atomic E-state index is 0.132. The van der Waals surface area contributed by atoms with Crippen molar-refractivity contribution in [3.63, 3.8) is 0 Å². The van der Waals surface area contributed by atoms with Crippen molar-refractivity contribution in [2.75, 3.05) is 10.6 Å². The van der Waals surface area contributed by atoms with Gasteiger partial charge in [-0.2, -0.15) is 13.2 Å². The van der Waals surface area contributed by atoms with Crippen LogP contribution in [0.15, 0.2) is 36.4 Å². The standard InChI is InChI=1S/C14H8ClF5N2O/c15-9-3-1-7(14(18,19)20)5-12(9)22-13(23)21-11-4-2-8(16)6-10(11)17/h1-6H,(H2,21,22,23). The Kier molecular flexibility index (Phi) is 4.74. The van der Waals surface area contributed by atoms with Crippen LogP contribution >= 0.6 is 11.6 Å². The molecule has 0 aromatic heterocycles. The molecule has 0 aliphatic carbocycles. The van der Waals surface area contributed by atoms with Crippen LogP contribution in [0.1, 0.15) is 5.56 Å². The second-order valence-electron chi connectivity index (χ2n) is 4.40. The fourth-order valence-electron chi connectivity index (χ4n) is 1.66. The number of halogens is 6. The van der Waals surface area contributed by atoms with Gasteiger partial charge in [0.1, 0.15) is 11.6 Å². The van der Waals surface area contributed by atoms with Gasteiger partial charge < -0.3 is 10.6 Å². The van der Waals surface area contributed by atoms with E-state index in [0.29, 0.717) is 12.1 Å². The van der Waals surface area contributed by atoms with Gasteiger partial charge in [0.25, 0.3) is 0 Å². The highest BCUT2D eigenvalue weighted by atomic mass is 35.5. The number of benzene rings is 2. The van der Waals surface area contributed by atoms with Crippen LogP contribution in [0.4, 0.5) is 38.1 Å². The molecule has 0 aliphatic heterocycles. The van der Waals surface area contributed by atoms with E-state index in [2.05, 4.69) is 5.32 Å². The molecule has 122 valence electrons. The molecule has 2 aromatic rings. The zero-order valence-electron chi connectivity index (χ0n) is 11.1. The summed E-state index contributed by atoms with van der Waals surface area (Å²) in [5.74, 6) is -1.87. The van der Waals surface area contributed by atoms with Crippen LogP contribution in [0.25, 0.3) is 0 Å². The molecule has 0 atom stereocenters. The lowest BCUT2D eigenvalue weighted by atomic mass is 10.2. The van der Waals surface area contributed by atoms with Crippen LogP contribution < -0.4 is 10.6 Å². The Morgan fingerprint density at radius 2 is 1.61 bits per heavy atom. The molecule has 0 spiro atoms. The molecule has 2 aromatic carbocycles. The average Bonchev–Trinajstić information content (AvgIpc) is 2.43. The van der Waals surface area contributed by atoms with Crippen molar-refractivity contribution in [3.8, 4) is 0 Å². The number of nitrogens with one attached hydrogen (secondary N) is 2. The quantitative estimate of drug-likeness (QED) is 0.711. The molecule has 2 N–H and O–H groups in total. The topological polar surface area (TPSA) is 41.1 Å². The molecule has 0 radical (unpaired) electrons. The summed E-state index contributed by atoms with van der Waals surface area (Å²) in [5, 5.41) is 3.98. The number of rotatable bonds is 2. The van der Waals surface area contributed by atoms with Gasteiger partial charge >= 0.3 is 12.2 Å². The van der Waals surface area contributed by atoms with E-state index in [0.717, 1.165) is 24.3 Å². The lowest BCUT2D eigenvalue weighted by molar-refractivity contribution is -0.137. The fourth-order valence-corrected chi connectivity index (χ4v) is 1.83. The summed E-state index contributed by atoms with van der Waals surface area (Å²) in [6.45, 7) is 0. The Balaban J connectivity index is 2.17. The van der Waals surface area contributed by atoms with E-state index in [-0.39, 0.29) is 16.4 Å². The largest absolute Gasteiger partial charge is 0.416 e. The minimum Gasteiger partial charge on any atom is -0.306 e. The number of urea groups is 1. The summed E-state index contributed by atoms with van der Waals surface area (Å²) in [4.78, 5) is 11.7. The Hall–Kier alpha value is -2.35. The van der Waals surface area contributed by atoms with Crippen molar-refractivity contribution >= 4 is 29.0 Å². The Morgan fingerprint density at radius 1 is 0.957 bits per heavy atom. The van der Waals surface area contributed by atoms with Crippen LogP contribution in [-0.2, 0) is 6.18 Å². The van der Waals surface area contributed by atoms with Gasteiger partial charge in [0.05, 0.1) is 22.0 Å². The van der Waals surface area contributed by atoms with Gasteiger partial charge in [-0.05, 0) is 30.3 Å². The summed E-state index contributed by atoms with van der Waals surface area (Å²) in [6, 6.07) is 3.77. The van der Waals surface area contributed by atoms with E-state index in [1.807, 2.05) is 5.32 Å². The highest BCUT2D eigenvalue weighted by Crippen LogP contribution is 2.33. The molecule has 9 heteroatoms. The number of carbonyl (C=O) groups is 1. The normalized spacial score (nSPS) is 11.2. The Labute approximate surface area is 132 Å². The van der Waals surface area contributed by atoms with Crippen LogP contribution in [0.2, 0.25) is 5.02 Å². The number of anilines is 2. The molecular formula is C14H8ClF5N2O. The SMILES string of the molecule is O=C(Nc1ccc(F)cc1F)Nc1cc(C(F)(F)F)ccc1Cl. The molecule has 0 aliphatic rings. The van der Waals surface area contributed by atoms with Gasteiger partial charge in [0.15, 0.2) is 0 Å². The zero-order valence-corrected chi connectivity index (χ0v) is 11.9. The third kappa shape index (κ3) is 4.32. The summed E-state index contributed by atoms with van der Waals surface area (Å²) >= 11 is 5.71. The Bertz CT molecular complexity index is 748. The van der Waals surface area contributed by atoms with Crippen molar-refractivity contribution in [3.05, 3.63) is 58.6 Å². The summed E-state index contributed by atoms with van der Waals surface area (Å²) in [5.41, 5.74) is -1.65. The molecule has 2 rings (SSSR count). The van der Waals surface area contributed by atoms with Crippen molar-refractivity contribution in [2.24, 2.45) is 0 Å². The molecule has 0 bridgehead atoms. The maximum atomic E-state index is 13.4. The van der Waals surface area contributed by atoms with Gasteiger partial charge in [-0.15, -0.1) is 0 Å². The first-order valence-corrected chi connectivity index (χ1v) is 6.44. The van der Waals surface area contributed by atoms with E-state index in [4.69, 9.17) is 11.6 Å². The molecule has 0 fully saturated rings. The molecule has 0 saturated carbocycles. The summed E-state index contributed by atoms with van der Waals surface area (Å²) in [7, 11) is 0. The van der Waals surface area contributed by atoms with Crippen LogP contribution in [-0.4, -0.2) is 6.03 Å². The van der Waals surface area contributed by atoms with E-state index in [1.54, 1.807) is 0 Å². The molecule has 0 heterocycles. The van der Waals surface area contributed by atoms with E-state index >= 15 is 0 Å². The van der Waals surface area contributed by atoms with E-state index in [9.17, 15) is 26.7 Å². The monoisotopic (exact) mass is 350 g/mol. The lowest BCUT2D eigenvalue weighted by Crippen LogP contribution is -2.20. The number of hydrogen-bond acceptors (Lipinski definition) is 1. The van der Waals surface area contributed by atoms with Crippen molar-refractivity contribution in [1.82, 2.24) is 0 Å². The van der Waals surface area contributed by atoms with Gasteiger partial charge in [0, 0.05) is 6.07 Å². The maximum absolute atomic E-state index is 13.4. The second kappa shape index (κ2) is 6.41. The number of hydrogen-bond donors (Lipinski definition) is 2. The molecule has 0 saturated heterocycles. The van der Waals surface area contributed by atoms with Gasteiger partial charge in [-0.25, -0.2) is 13.6 Å². The van der Waals surface area contributed by atoms with Crippen molar-refractivity contribution in [1.29, 1.82) is 0 Å². The van der Waals surface area contributed by atoms with Gasteiger partial charge in [-0.3, -0.25) is 0 Å². The lowest BCUT2D eigenvalue weighted by Gasteiger charge is -2.12. The summed E-state index contributed by atoms with van der Waals surface area (Å²) in [6.07, 6.45) is -4.61. The van der Waals surface area contributed by atoms with Gasteiger partial charge in [-0.1, -0.05) is 11.6 Å². The highest BCUT2D eigenvalue weighted by molar-refractivity contribution is 6.33. The Morgan fingerprint density at radius 3 is 2.22 bits per heavy atom. The fraction of sp³-hybridized carbons (Fsp3) is 0.0714. The predicted molar refractivity (Wildman–Crippen MR) is 75.5 cm³/mol. The van der Waals surface area contributed by atoms with E-state index in [1.165, 1.54) is 0 Å². The predicted octanol–water partition coefficient (Wildman–Crippen LogP) is 5.28. The third-order valence-corrected chi connectivity index (χ3v) is 3.05. The first kappa shape index (κ1) is 17.0. The van der Waals surface area contributed by atoms with Crippen LogP contribution in [0.5, 0.6) is 0 Å². The summed E-state index contributed by atoms with van der Waals surface area (Å²) < 4.78 is 64.0. The van der Waals surface area contributed by atoms with Crippen LogP contribution in [0.3, 0.4) is 0 Å². The van der Waals surface area contributed by atoms with Crippen molar-refractivity contribution in [2.45, 2.75) is 6.18 Å². The van der Waals surface area contributed by atoms with Crippen molar-refractivity contribution < 1.29 is 26.7 Å². The number of alkyl halides is 3. The van der Waals surface area contributed by atoms with Crippen LogP contribution in [0, 0.1) is 11.6 Å². The molecule has 0 unspecified atom stereocenters. The average molecular weight is 351 g/mol. The van der Waals surface area contributed by atoms with Gasteiger partial charge in [0.2, 0.25) is 0 Å². The first-order chi connectivity index (χ1) is 10.7. The first-order valence-electron chi connectivity index (χ1n) is 6.06. The third-order valence-electron chi connectivity index (χ3n) is 2.72. The maximum Gasteiger partial charge on any atom is 0.416 e. The highest BCUT2D eigenvalue weighted by Gasteiger charge is 2.31. The number of carbonyl (C=O) groups excluding carboxylic acids is 1. The molecule has 2 amide bonds.